The molecule has 19 heavy (non-hydrogen) atoms. The Morgan fingerprint density at radius 1 is 1.32 bits per heavy atom. The third-order valence-electron chi connectivity index (χ3n) is 2.70. The van der Waals surface area contributed by atoms with Gasteiger partial charge in [0.1, 0.15) is 6.04 Å². The van der Waals surface area contributed by atoms with Crippen molar-refractivity contribution in [2.75, 3.05) is 6.54 Å². The van der Waals surface area contributed by atoms with Crippen molar-refractivity contribution in [2.24, 2.45) is 0 Å². The molecule has 3 N–H and O–H groups in total. The number of benzene rings is 1. The van der Waals surface area contributed by atoms with Crippen LogP contribution in [0.4, 0.5) is 4.79 Å². The maximum Gasteiger partial charge on any atom is 0.322 e. The van der Waals surface area contributed by atoms with E-state index in [2.05, 4.69) is 16.0 Å². The van der Waals surface area contributed by atoms with Gasteiger partial charge in [-0.15, -0.1) is 0 Å². The summed E-state index contributed by atoms with van der Waals surface area (Å²) in [6.45, 7) is 0.266. The molecule has 1 heterocycles. The van der Waals surface area contributed by atoms with Crippen LogP contribution in [0.2, 0.25) is 5.02 Å². The summed E-state index contributed by atoms with van der Waals surface area (Å²) in [5.41, 5.74) is 0.379. The Bertz CT molecular complexity index is 533. The summed E-state index contributed by atoms with van der Waals surface area (Å²) in [4.78, 5) is 33.9. The molecule has 0 saturated carbocycles. The summed E-state index contributed by atoms with van der Waals surface area (Å²) in [6, 6.07) is 5.58. The number of amides is 4. The lowest BCUT2D eigenvalue weighted by atomic mass is 10.2. The van der Waals surface area contributed by atoms with Crippen LogP contribution in [0.5, 0.6) is 0 Å². The number of urea groups is 1. The summed E-state index contributed by atoms with van der Waals surface area (Å²) >= 11 is 5.89. The first-order valence-electron chi connectivity index (χ1n) is 5.72. The van der Waals surface area contributed by atoms with Crippen LogP contribution < -0.4 is 16.0 Å². The predicted octanol–water partition coefficient (Wildman–Crippen LogP) is 0.668. The molecule has 1 fully saturated rings. The van der Waals surface area contributed by atoms with Crippen LogP contribution in [0.1, 0.15) is 16.8 Å². The Morgan fingerprint density at radius 2 is 2.05 bits per heavy atom. The number of halogens is 1. The molecule has 6 nitrogen and oxygen atoms in total. The van der Waals surface area contributed by atoms with Gasteiger partial charge in [0.2, 0.25) is 0 Å². The van der Waals surface area contributed by atoms with E-state index in [9.17, 15) is 14.4 Å². The van der Waals surface area contributed by atoms with Crippen LogP contribution in [0, 0.1) is 0 Å². The summed E-state index contributed by atoms with van der Waals surface area (Å²) < 4.78 is 0. The molecular formula is C12H12ClN3O3. The van der Waals surface area contributed by atoms with Gasteiger partial charge in [0, 0.05) is 6.54 Å². The van der Waals surface area contributed by atoms with Crippen molar-refractivity contribution in [3.8, 4) is 0 Å². The van der Waals surface area contributed by atoms with E-state index in [1.54, 1.807) is 24.3 Å². The Hall–Kier alpha value is -2.08. The quantitative estimate of drug-likeness (QED) is 0.709. The molecule has 1 aliphatic heterocycles. The first kappa shape index (κ1) is 13.4. The molecule has 0 spiro atoms. The van der Waals surface area contributed by atoms with Crippen molar-refractivity contribution in [3.63, 3.8) is 0 Å². The van der Waals surface area contributed by atoms with Gasteiger partial charge in [-0.1, -0.05) is 23.7 Å². The molecule has 1 unspecified atom stereocenters. The molecule has 0 bridgehead atoms. The van der Waals surface area contributed by atoms with Crippen LogP contribution in [-0.2, 0) is 4.79 Å². The van der Waals surface area contributed by atoms with Gasteiger partial charge in [-0.2, -0.15) is 0 Å². The van der Waals surface area contributed by atoms with Gasteiger partial charge in [-0.3, -0.25) is 14.9 Å². The smallest absolute Gasteiger partial charge is 0.322 e. The molecule has 1 aliphatic rings. The fraction of sp³-hybridized carbons (Fsp3) is 0.250. The van der Waals surface area contributed by atoms with Gasteiger partial charge in [0.25, 0.3) is 11.8 Å². The highest BCUT2D eigenvalue weighted by Gasteiger charge is 2.28. The van der Waals surface area contributed by atoms with Gasteiger partial charge in [-0.25, -0.2) is 4.79 Å². The average Bonchev–Trinajstić information content (AvgIpc) is 2.68. The number of hydrogen-bond donors (Lipinski definition) is 3. The molecule has 2 rings (SSSR count). The van der Waals surface area contributed by atoms with E-state index >= 15 is 0 Å². The van der Waals surface area contributed by atoms with Crippen molar-refractivity contribution in [1.82, 2.24) is 16.0 Å². The molecule has 1 aromatic rings. The minimum Gasteiger partial charge on any atom is -0.352 e. The van der Waals surface area contributed by atoms with Crippen LogP contribution in [0.3, 0.4) is 0 Å². The van der Waals surface area contributed by atoms with Crippen molar-refractivity contribution < 1.29 is 14.4 Å². The second kappa shape index (κ2) is 5.71. The Morgan fingerprint density at radius 3 is 2.68 bits per heavy atom. The number of carbonyl (C=O) groups is 3. The van der Waals surface area contributed by atoms with Crippen LogP contribution in [0.15, 0.2) is 24.3 Å². The van der Waals surface area contributed by atoms with E-state index in [4.69, 9.17) is 11.6 Å². The van der Waals surface area contributed by atoms with Crippen LogP contribution in [0.25, 0.3) is 0 Å². The number of carbonyl (C=O) groups excluding carboxylic acids is 3. The monoisotopic (exact) mass is 281 g/mol. The first-order valence-corrected chi connectivity index (χ1v) is 6.10. The van der Waals surface area contributed by atoms with Gasteiger partial charge >= 0.3 is 6.03 Å². The maximum absolute atomic E-state index is 11.8. The van der Waals surface area contributed by atoms with Gasteiger partial charge in [0.05, 0.1) is 10.6 Å². The lowest BCUT2D eigenvalue weighted by molar-refractivity contribution is -0.120. The van der Waals surface area contributed by atoms with Crippen LogP contribution >= 0.6 is 11.6 Å². The zero-order valence-corrected chi connectivity index (χ0v) is 10.7. The standard InChI is InChI=1S/C12H12ClN3O3/c13-8-4-2-1-3-7(8)10(17)14-6-5-9-11(18)16-12(19)15-9/h1-4,9H,5-6H2,(H,14,17)(H2,15,16,18,19). The highest BCUT2D eigenvalue weighted by Crippen LogP contribution is 2.14. The maximum atomic E-state index is 11.8. The zero-order chi connectivity index (χ0) is 13.8. The molecule has 7 heteroatoms. The second-order valence-corrected chi connectivity index (χ2v) is 4.45. The molecule has 1 aromatic carbocycles. The third kappa shape index (κ3) is 3.23. The van der Waals surface area contributed by atoms with Crippen molar-refractivity contribution >= 4 is 29.4 Å². The van der Waals surface area contributed by atoms with Crippen molar-refractivity contribution in [2.45, 2.75) is 12.5 Å². The summed E-state index contributed by atoms with van der Waals surface area (Å²) in [5, 5.41) is 7.59. The average molecular weight is 282 g/mol. The van der Waals surface area contributed by atoms with E-state index < -0.39 is 12.1 Å². The van der Waals surface area contributed by atoms with Crippen LogP contribution in [-0.4, -0.2) is 30.4 Å². The van der Waals surface area contributed by atoms with Crippen molar-refractivity contribution in [3.05, 3.63) is 34.9 Å². The SMILES string of the molecule is O=C1NC(=O)C(CCNC(=O)c2ccccc2Cl)N1. The Balaban J connectivity index is 1.83. The summed E-state index contributed by atoms with van der Waals surface area (Å²) in [6.07, 6.45) is 0.327. The van der Waals surface area contributed by atoms with E-state index in [0.29, 0.717) is 17.0 Å². The third-order valence-corrected chi connectivity index (χ3v) is 3.03. The minimum atomic E-state index is -0.598. The van der Waals surface area contributed by atoms with Gasteiger partial charge < -0.3 is 10.6 Å². The summed E-state index contributed by atoms with van der Waals surface area (Å²) in [7, 11) is 0. The topological polar surface area (TPSA) is 87.3 Å². The van der Waals surface area contributed by atoms with E-state index in [1.807, 2.05) is 0 Å². The lowest BCUT2D eigenvalue weighted by Gasteiger charge is -2.09. The molecule has 0 radical (unpaired) electrons. The van der Waals surface area contributed by atoms with E-state index in [-0.39, 0.29) is 18.4 Å². The molecular weight excluding hydrogens is 270 g/mol. The zero-order valence-electron chi connectivity index (χ0n) is 9.90. The highest BCUT2D eigenvalue weighted by molar-refractivity contribution is 6.33. The Labute approximate surface area is 114 Å². The number of nitrogens with one attached hydrogen (secondary N) is 3. The van der Waals surface area contributed by atoms with Gasteiger partial charge in [0.15, 0.2) is 0 Å². The second-order valence-electron chi connectivity index (χ2n) is 4.04. The molecule has 0 aromatic heterocycles. The van der Waals surface area contributed by atoms with Gasteiger partial charge in [-0.05, 0) is 18.6 Å². The molecule has 1 saturated heterocycles. The largest absolute Gasteiger partial charge is 0.352 e. The predicted molar refractivity (Wildman–Crippen MR) is 68.9 cm³/mol. The Kier molecular flexibility index (Phi) is 4.01. The molecule has 1 atom stereocenters. The highest BCUT2D eigenvalue weighted by atomic mass is 35.5. The number of hydrogen-bond acceptors (Lipinski definition) is 3. The lowest BCUT2D eigenvalue weighted by Crippen LogP contribution is -2.34. The minimum absolute atomic E-state index is 0.266. The molecule has 0 aliphatic carbocycles. The van der Waals surface area contributed by atoms with E-state index in [1.165, 1.54) is 0 Å². The number of imide groups is 1. The first-order chi connectivity index (χ1) is 9.08. The fourth-order valence-electron chi connectivity index (χ4n) is 1.73. The van der Waals surface area contributed by atoms with Crippen molar-refractivity contribution in [1.29, 1.82) is 0 Å². The van der Waals surface area contributed by atoms with E-state index in [0.717, 1.165) is 0 Å². The number of rotatable bonds is 4. The normalized spacial score (nSPS) is 17.8. The summed E-state index contributed by atoms with van der Waals surface area (Å²) in [5.74, 6) is -0.688. The molecule has 100 valence electrons. The molecule has 4 amide bonds. The fourth-order valence-corrected chi connectivity index (χ4v) is 1.95.